The van der Waals surface area contributed by atoms with Crippen LogP contribution in [0.25, 0.3) is 10.9 Å². The topological polar surface area (TPSA) is 78.9 Å². The number of hydrogen-bond acceptors (Lipinski definition) is 2. The van der Waals surface area contributed by atoms with Gasteiger partial charge in [0.1, 0.15) is 0 Å². The summed E-state index contributed by atoms with van der Waals surface area (Å²) in [6.45, 7) is 3.84. The van der Waals surface area contributed by atoms with Crippen LogP contribution in [0.2, 0.25) is 0 Å². The van der Waals surface area contributed by atoms with E-state index in [0.29, 0.717) is 16.6 Å². The van der Waals surface area contributed by atoms with Crippen LogP contribution in [-0.2, 0) is 6.18 Å². The minimum Gasteiger partial charge on any atom is -0.308 e. The number of aromatic nitrogens is 2. The first kappa shape index (κ1) is 18.6. The third kappa shape index (κ3) is 3.97. The first-order chi connectivity index (χ1) is 12.6. The van der Waals surface area contributed by atoms with Crippen molar-refractivity contribution in [3.63, 3.8) is 0 Å². The van der Waals surface area contributed by atoms with Gasteiger partial charge in [0.25, 0.3) is 5.56 Å². The van der Waals surface area contributed by atoms with Gasteiger partial charge in [-0.05, 0) is 50.2 Å². The Bertz CT molecular complexity index is 1050. The van der Waals surface area contributed by atoms with Crippen molar-refractivity contribution in [2.75, 3.05) is 10.6 Å². The van der Waals surface area contributed by atoms with Crippen molar-refractivity contribution in [3.05, 3.63) is 58.4 Å². The summed E-state index contributed by atoms with van der Waals surface area (Å²) in [5.74, 6) is 0. The van der Waals surface area contributed by atoms with Gasteiger partial charge in [-0.1, -0.05) is 6.07 Å². The van der Waals surface area contributed by atoms with Gasteiger partial charge in [0, 0.05) is 17.4 Å². The Morgan fingerprint density at radius 2 is 1.74 bits per heavy atom. The van der Waals surface area contributed by atoms with E-state index in [-0.39, 0.29) is 17.3 Å². The van der Waals surface area contributed by atoms with Crippen LogP contribution in [-0.4, -0.2) is 15.8 Å². The zero-order valence-corrected chi connectivity index (χ0v) is 14.5. The molecule has 3 rings (SSSR count). The summed E-state index contributed by atoms with van der Waals surface area (Å²) in [6, 6.07) is 8.47. The van der Waals surface area contributed by atoms with Crippen LogP contribution in [0.15, 0.2) is 47.3 Å². The van der Waals surface area contributed by atoms with E-state index >= 15 is 0 Å². The molecule has 142 valence electrons. The van der Waals surface area contributed by atoms with Crippen molar-refractivity contribution in [3.8, 4) is 0 Å². The second kappa shape index (κ2) is 6.82. The monoisotopic (exact) mass is 378 g/mol. The molecule has 0 unspecified atom stereocenters. The highest BCUT2D eigenvalue weighted by Gasteiger charge is 2.30. The van der Waals surface area contributed by atoms with Crippen molar-refractivity contribution >= 4 is 28.3 Å². The average Bonchev–Trinajstić information content (AvgIpc) is 2.91. The number of alkyl halides is 3. The third-order valence-electron chi connectivity index (χ3n) is 3.94. The number of carbonyl (C=O) groups is 1. The predicted molar refractivity (Wildman–Crippen MR) is 97.0 cm³/mol. The summed E-state index contributed by atoms with van der Waals surface area (Å²) in [5.41, 5.74) is -0.103. The lowest BCUT2D eigenvalue weighted by Crippen LogP contribution is -2.19. The van der Waals surface area contributed by atoms with Gasteiger partial charge < -0.3 is 10.6 Å². The number of anilines is 2. The summed E-state index contributed by atoms with van der Waals surface area (Å²) in [7, 11) is 0. The van der Waals surface area contributed by atoms with Crippen LogP contribution in [0.5, 0.6) is 0 Å². The molecule has 0 atom stereocenters. The molecule has 0 aliphatic carbocycles. The number of benzene rings is 2. The number of urea groups is 1. The summed E-state index contributed by atoms with van der Waals surface area (Å²) in [5, 5.41) is 7.98. The van der Waals surface area contributed by atoms with E-state index in [2.05, 4.69) is 15.7 Å². The van der Waals surface area contributed by atoms with Crippen LogP contribution in [0.4, 0.5) is 29.3 Å². The molecule has 0 aliphatic heterocycles. The van der Waals surface area contributed by atoms with Crippen molar-refractivity contribution < 1.29 is 18.0 Å². The second-order valence-corrected chi connectivity index (χ2v) is 6.29. The SMILES string of the molecule is CC(C)n1[nH]c(=O)c2cc(NC(=O)Nc3cccc(C(F)(F)F)c3)ccc21. The normalized spacial score (nSPS) is 11.8. The number of rotatable bonds is 3. The third-order valence-corrected chi connectivity index (χ3v) is 3.94. The van der Waals surface area contributed by atoms with Crippen molar-refractivity contribution in [1.29, 1.82) is 0 Å². The summed E-state index contributed by atoms with van der Waals surface area (Å²) < 4.78 is 39.9. The highest BCUT2D eigenvalue weighted by Crippen LogP contribution is 2.30. The van der Waals surface area contributed by atoms with E-state index in [0.717, 1.165) is 12.1 Å². The zero-order chi connectivity index (χ0) is 19.8. The zero-order valence-electron chi connectivity index (χ0n) is 14.5. The molecule has 0 spiro atoms. The Morgan fingerprint density at radius 3 is 2.37 bits per heavy atom. The smallest absolute Gasteiger partial charge is 0.308 e. The lowest BCUT2D eigenvalue weighted by atomic mass is 10.2. The molecule has 6 nitrogen and oxygen atoms in total. The molecule has 0 bridgehead atoms. The molecule has 0 fully saturated rings. The average molecular weight is 378 g/mol. The van der Waals surface area contributed by atoms with Gasteiger partial charge in [-0.3, -0.25) is 14.6 Å². The van der Waals surface area contributed by atoms with Crippen LogP contribution in [0.3, 0.4) is 0 Å². The molecule has 0 saturated heterocycles. The molecule has 0 radical (unpaired) electrons. The lowest BCUT2D eigenvalue weighted by Gasteiger charge is -2.11. The highest BCUT2D eigenvalue weighted by atomic mass is 19.4. The number of fused-ring (bicyclic) bond motifs is 1. The van der Waals surface area contributed by atoms with Crippen molar-refractivity contribution in [1.82, 2.24) is 9.78 Å². The highest BCUT2D eigenvalue weighted by molar-refractivity contribution is 6.01. The maximum atomic E-state index is 12.7. The molecule has 3 N–H and O–H groups in total. The summed E-state index contributed by atoms with van der Waals surface area (Å²) in [6.07, 6.45) is -4.50. The molecule has 0 aliphatic rings. The molecule has 9 heteroatoms. The number of amides is 2. The van der Waals surface area contributed by atoms with Gasteiger partial charge in [-0.15, -0.1) is 0 Å². The first-order valence-corrected chi connectivity index (χ1v) is 8.14. The van der Waals surface area contributed by atoms with Gasteiger partial charge in [0.05, 0.1) is 16.5 Å². The van der Waals surface area contributed by atoms with Gasteiger partial charge in [-0.25, -0.2) is 4.79 Å². The molecular formula is C18H17F3N4O2. The second-order valence-electron chi connectivity index (χ2n) is 6.29. The number of aromatic amines is 1. The summed E-state index contributed by atoms with van der Waals surface area (Å²) in [4.78, 5) is 24.1. The predicted octanol–water partition coefficient (Wildman–Crippen LogP) is 4.57. The molecule has 1 heterocycles. The molecule has 3 aromatic rings. The maximum absolute atomic E-state index is 12.7. The van der Waals surface area contributed by atoms with Crippen LogP contribution in [0.1, 0.15) is 25.5 Å². The van der Waals surface area contributed by atoms with Gasteiger partial charge in [-0.2, -0.15) is 13.2 Å². The fourth-order valence-corrected chi connectivity index (χ4v) is 2.71. The molecule has 1 aromatic heterocycles. The number of hydrogen-bond donors (Lipinski definition) is 3. The standard InChI is InChI=1S/C18H17F3N4O2/c1-10(2)25-15-7-6-13(9-14(15)16(26)24-25)23-17(27)22-12-5-3-4-11(8-12)18(19,20)21/h3-10H,1-2H3,(H,24,26)(H2,22,23,27). The molecular weight excluding hydrogens is 361 g/mol. The van der Waals surface area contributed by atoms with E-state index in [1.54, 1.807) is 16.8 Å². The quantitative estimate of drug-likeness (QED) is 0.624. The Hall–Kier alpha value is -3.23. The fraction of sp³-hybridized carbons (Fsp3) is 0.222. The number of carbonyl (C=O) groups excluding carboxylic acids is 1. The van der Waals surface area contributed by atoms with E-state index in [1.165, 1.54) is 18.2 Å². The number of halogens is 3. The van der Waals surface area contributed by atoms with Crippen LogP contribution >= 0.6 is 0 Å². The van der Waals surface area contributed by atoms with Crippen molar-refractivity contribution in [2.45, 2.75) is 26.1 Å². The minimum atomic E-state index is -4.50. The number of nitrogens with one attached hydrogen (secondary N) is 3. The molecule has 27 heavy (non-hydrogen) atoms. The Labute approximate surface area is 152 Å². The largest absolute Gasteiger partial charge is 0.416 e. The van der Waals surface area contributed by atoms with Crippen LogP contribution < -0.4 is 16.2 Å². The van der Waals surface area contributed by atoms with E-state index in [4.69, 9.17) is 0 Å². The van der Waals surface area contributed by atoms with Gasteiger partial charge in [0.15, 0.2) is 0 Å². The first-order valence-electron chi connectivity index (χ1n) is 8.14. The Kier molecular flexibility index (Phi) is 4.69. The van der Waals surface area contributed by atoms with E-state index in [9.17, 15) is 22.8 Å². The summed E-state index contributed by atoms with van der Waals surface area (Å²) >= 11 is 0. The van der Waals surface area contributed by atoms with Gasteiger partial charge in [0.2, 0.25) is 0 Å². The lowest BCUT2D eigenvalue weighted by molar-refractivity contribution is -0.137. The Balaban J connectivity index is 1.79. The Morgan fingerprint density at radius 1 is 1.07 bits per heavy atom. The molecule has 2 amide bonds. The number of H-pyrrole nitrogens is 1. The van der Waals surface area contributed by atoms with Crippen LogP contribution in [0, 0.1) is 0 Å². The molecule has 0 saturated carbocycles. The van der Waals surface area contributed by atoms with E-state index < -0.39 is 17.8 Å². The minimum absolute atomic E-state index is 0.00668. The number of nitrogens with zero attached hydrogens (tertiary/aromatic N) is 1. The van der Waals surface area contributed by atoms with Crippen molar-refractivity contribution in [2.24, 2.45) is 0 Å². The van der Waals surface area contributed by atoms with E-state index in [1.807, 2.05) is 13.8 Å². The fourth-order valence-electron chi connectivity index (χ4n) is 2.71. The maximum Gasteiger partial charge on any atom is 0.416 e. The molecule has 2 aromatic carbocycles. The van der Waals surface area contributed by atoms with Gasteiger partial charge >= 0.3 is 12.2 Å².